The molecule has 1 saturated heterocycles. The molecule has 0 saturated carbocycles. The highest BCUT2D eigenvalue weighted by Gasteiger charge is 2.34. The zero-order chi connectivity index (χ0) is 13.4. The number of aromatic nitrogens is 4. The van der Waals surface area contributed by atoms with Gasteiger partial charge in [0.05, 0.1) is 11.8 Å². The molecule has 100 valence electrons. The van der Waals surface area contributed by atoms with Crippen molar-refractivity contribution in [2.45, 2.75) is 25.8 Å². The molecular formula is C12H15N5O2. The van der Waals surface area contributed by atoms with Gasteiger partial charge in [-0.15, -0.1) is 0 Å². The van der Waals surface area contributed by atoms with Gasteiger partial charge in [0.15, 0.2) is 5.82 Å². The normalized spacial score (nSPS) is 19.1. The van der Waals surface area contributed by atoms with Gasteiger partial charge in [-0.2, -0.15) is 10.1 Å². The lowest BCUT2D eigenvalue weighted by Gasteiger charge is -2.20. The first-order valence-corrected chi connectivity index (χ1v) is 6.25. The van der Waals surface area contributed by atoms with E-state index in [1.54, 1.807) is 35.9 Å². The van der Waals surface area contributed by atoms with Crippen LogP contribution in [0.15, 0.2) is 16.9 Å². The summed E-state index contributed by atoms with van der Waals surface area (Å²) in [5, 5.41) is 7.82. The molecule has 0 radical (unpaired) electrons. The van der Waals surface area contributed by atoms with E-state index in [0.717, 1.165) is 12.8 Å². The summed E-state index contributed by atoms with van der Waals surface area (Å²) >= 11 is 0. The standard InChI is InChI=1S/C12H15N5O2/c1-8-14-11(19-15-8)10-4-3-5-17(10)12(18)9-6-13-16(2)7-9/h6-7,10H,3-5H2,1-2H3/t10-/m0/s1. The smallest absolute Gasteiger partial charge is 0.257 e. The van der Waals surface area contributed by atoms with E-state index in [-0.39, 0.29) is 11.9 Å². The Kier molecular flexibility index (Phi) is 2.81. The van der Waals surface area contributed by atoms with E-state index < -0.39 is 0 Å². The summed E-state index contributed by atoms with van der Waals surface area (Å²) in [7, 11) is 1.79. The largest absolute Gasteiger partial charge is 0.337 e. The molecule has 19 heavy (non-hydrogen) atoms. The second-order valence-corrected chi connectivity index (χ2v) is 4.74. The van der Waals surface area contributed by atoms with Crippen LogP contribution in [-0.4, -0.2) is 37.3 Å². The number of amides is 1. The quantitative estimate of drug-likeness (QED) is 0.808. The zero-order valence-electron chi connectivity index (χ0n) is 10.9. The van der Waals surface area contributed by atoms with Crippen molar-refractivity contribution in [1.82, 2.24) is 24.8 Å². The molecule has 7 nitrogen and oxygen atoms in total. The molecule has 0 aromatic carbocycles. The summed E-state index contributed by atoms with van der Waals surface area (Å²) in [6.45, 7) is 2.48. The fourth-order valence-corrected chi connectivity index (χ4v) is 2.41. The second-order valence-electron chi connectivity index (χ2n) is 4.74. The van der Waals surface area contributed by atoms with Crippen molar-refractivity contribution < 1.29 is 9.32 Å². The van der Waals surface area contributed by atoms with E-state index in [2.05, 4.69) is 15.2 Å². The highest BCUT2D eigenvalue weighted by atomic mass is 16.5. The van der Waals surface area contributed by atoms with Gasteiger partial charge in [0.2, 0.25) is 5.89 Å². The fraction of sp³-hybridized carbons (Fsp3) is 0.500. The van der Waals surface area contributed by atoms with Crippen molar-refractivity contribution in [3.05, 3.63) is 29.7 Å². The molecule has 0 N–H and O–H groups in total. The SMILES string of the molecule is Cc1noc([C@@H]2CCCN2C(=O)c2cnn(C)c2)n1. The number of carbonyl (C=O) groups excluding carboxylic acids is 1. The lowest BCUT2D eigenvalue weighted by molar-refractivity contribution is 0.0710. The van der Waals surface area contributed by atoms with Crippen LogP contribution < -0.4 is 0 Å². The molecule has 0 aliphatic carbocycles. The Morgan fingerprint density at radius 3 is 3.00 bits per heavy atom. The number of hydrogen-bond donors (Lipinski definition) is 0. The third-order valence-electron chi connectivity index (χ3n) is 3.29. The van der Waals surface area contributed by atoms with Crippen LogP contribution >= 0.6 is 0 Å². The minimum Gasteiger partial charge on any atom is -0.337 e. The van der Waals surface area contributed by atoms with Gasteiger partial charge in [0, 0.05) is 19.8 Å². The van der Waals surface area contributed by atoms with E-state index in [1.165, 1.54) is 0 Å². The monoisotopic (exact) mass is 261 g/mol. The lowest BCUT2D eigenvalue weighted by atomic mass is 10.2. The Morgan fingerprint density at radius 1 is 1.53 bits per heavy atom. The van der Waals surface area contributed by atoms with Gasteiger partial charge < -0.3 is 9.42 Å². The Bertz CT molecular complexity index is 603. The first-order chi connectivity index (χ1) is 9.15. The zero-order valence-corrected chi connectivity index (χ0v) is 10.9. The summed E-state index contributed by atoms with van der Waals surface area (Å²) in [6, 6.07) is -0.117. The molecule has 0 unspecified atom stereocenters. The molecular weight excluding hydrogens is 246 g/mol. The molecule has 0 bridgehead atoms. The Morgan fingerprint density at radius 2 is 2.37 bits per heavy atom. The molecule has 7 heteroatoms. The average molecular weight is 261 g/mol. The highest BCUT2D eigenvalue weighted by molar-refractivity contribution is 5.94. The van der Waals surface area contributed by atoms with Crippen LogP contribution in [0.1, 0.15) is 41.0 Å². The molecule has 1 fully saturated rings. The molecule has 2 aromatic heterocycles. The maximum atomic E-state index is 12.4. The second kappa shape index (κ2) is 4.49. The summed E-state index contributed by atoms with van der Waals surface area (Å²) in [4.78, 5) is 18.4. The number of nitrogens with zero attached hydrogens (tertiary/aromatic N) is 5. The Balaban J connectivity index is 1.85. The van der Waals surface area contributed by atoms with Gasteiger partial charge in [0.1, 0.15) is 6.04 Å². The van der Waals surface area contributed by atoms with Crippen LogP contribution in [-0.2, 0) is 7.05 Å². The average Bonchev–Trinajstić information content (AvgIpc) is 3.07. The number of hydrogen-bond acceptors (Lipinski definition) is 5. The van der Waals surface area contributed by atoms with E-state index in [1.807, 2.05) is 0 Å². The molecule has 1 aliphatic heterocycles. The Labute approximate surface area is 110 Å². The van der Waals surface area contributed by atoms with Gasteiger partial charge in [-0.3, -0.25) is 9.48 Å². The minimum absolute atomic E-state index is 0.0357. The number of rotatable bonds is 2. The van der Waals surface area contributed by atoms with Crippen molar-refractivity contribution >= 4 is 5.91 Å². The third-order valence-corrected chi connectivity index (χ3v) is 3.29. The minimum atomic E-state index is -0.117. The van der Waals surface area contributed by atoms with Crippen LogP contribution in [0.5, 0.6) is 0 Å². The first kappa shape index (κ1) is 11.9. The summed E-state index contributed by atoms with van der Waals surface area (Å²) < 4.78 is 6.81. The van der Waals surface area contributed by atoms with Gasteiger partial charge in [0.25, 0.3) is 5.91 Å². The van der Waals surface area contributed by atoms with Crippen LogP contribution in [0.3, 0.4) is 0 Å². The van der Waals surface area contributed by atoms with Crippen molar-refractivity contribution in [2.24, 2.45) is 7.05 Å². The highest BCUT2D eigenvalue weighted by Crippen LogP contribution is 2.31. The predicted molar refractivity (Wildman–Crippen MR) is 65.3 cm³/mol. The van der Waals surface area contributed by atoms with E-state index >= 15 is 0 Å². The number of aryl methyl sites for hydroxylation is 2. The first-order valence-electron chi connectivity index (χ1n) is 6.25. The molecule has 0 spiro atoms. The van der Waals surface area contributed by atoms with Gasteiger partial charge >= 0.3 is 0 Å². The third kappa shape index (κ3) is 2.11. The summed E-state index contributed by atoms with van der Waals surface area (Å²) in [5.74, 6) is 1.08. The molecule has 3 heterocycles. The topological polar surface area (TPSA) is 77.0 Å². The van der Waals surface area contributed by atoms with Gasteiger partial charge in [-0.05, 0) is 19.8 Å². The number of likely N-dealkylation sites (tertiary alicyclic amines) is 1. The van der Waals surface area contributed by atoms with E-state index in [0.29, 0.717) is 23.8 Å². The maximum Gasteiger partial charge on any atom is 0.257 e. The summed E-state index contributed by atoms with van der Waals surface area (Å²) in [6.07, 6.45) is 5.10. The van der Waals surface area contributed by atoms with Crippen molar-refractivity contribution in [3.63, 3.8) is 0 Å². The van der Waals surface area contributed by atoms with E-state index in [4.69, 9.17) is 4.52 Å². The van der Waals surface area contributed by atoms with Crippen molar-refractivity contribution in [2.75, 3.05) is 6.54 Å². The van der Waals surface area contributed by atoms with Crippen LogP contribution in [0.2, 0.25) is 0 Å². The lowest BCUT2D eigenvalue weighted by Crippen LogP contribution is -2.30. The Hall–Kier alpha value is -2.18. The van der Waals surface area contributed by atoms with Crippen LogP contribution in [0, 0.1) is 6.92 Å². The van der Waals surface area contributed by atoms with Gasteiger partial charge in [-0.25, -0.2) is 0 Å². The predicted octanol–water partition coefficient (Wildman–Crippen LogP) is 1.09. The molecule has 3 rings (SSSR count). The van der Waals surface area contributed by atoms with Crippen molar-refractivity contribution in [3.8, 4) is 0 Å². The van der Waals surface area contributed by atoms with Crippen molar-refractivity contribution in [1.29, 1.82) is 0 Å². The molecule has 1 amide bonds. The maximum absolute atomic E-state index is 12.4. The molecule has 1 atom stereocenters. The molecule has 1 aliphatic rings. The summed E-state index contributed by atoms with van der Waals surface area (Å²) in [5.41, 5.74) is 0.589. The number of carbonyl (C=O) groups is 1. The van der Waals surface area contributed by atoms with E-state index in [9.17, 15) is 4.79 Å². The molecule has 2 aromatic rings. The van der Waals surface area contributed by atoms with Crippen LogP contribution in [0.4, 0.5) is 0 Å². The fourth-order valence-electron chi connectivity index (χ4n) is 2.41. The van der Waals surface area contributed by atoms with Gasteiger partial charge in [-0.1, -0.05) is 5.16 Å². The van der Waals surface area contributed by atoms with Crippen LogP contribution in [0.25, 0.3) is 0 Å².